The van der Waals surface area contributed by atoms with Gasteiger partial charge in [-0.15, -0.1) is 5.10 Å². The van der Waals surface area contributed by atoms with E-state index < -0.39 is 0 Å². The molecular weight excluding hydrogens is 456 g/mol. The average molecular weight is 489 g/mol. The average Bonchev–Trinajstić information content (AvgIpc) is 3.50. The highest BCUT2D eigenvalue weighted by atomic mass is 16.7. The molecular formula is C27H32N6O3. The zero-order valence-corrected chi connectivity index (χ0v) is 21.4. The number of nitrogens with one attached hydrogen (secondary N) is 1. The SMILES string of the molecule is CCC(c1nnnn1C(C)(C)C)N(Cc1ccc2c(c1)OCO2)Cc1cc2cccc(C)c2[nH]c1=O. The molecule has 2 aromatic carbocycles. The summed E-state index contributed by atoms with van der Waals surface area (Å²) in [6.07, 6.45) is 0.769. The molecule has 0 radical (unpaired) electrons. The van der Waals surface area contributed by atoms with Crippen molar-refractivity contribution in [3.8, 4) is 11.5 Å². The lowest BCUT2D eigenvalue weighted by atomic mass is 10.0. The second-order valence-electron chi connectivity index (χ2n) is 10.3. The van der Waals surface area contributed by atoms with Gasteiger partial charge in [-0.1, -0.05) is 31.2 Å². The van der Waals surface area contributed by atoms with Crippen LogP contribution < -0.4 is 15.0 Å². The van der Waals surface area contributed by atoms with E-state index in [1.54, 1.807) is 0 Å². The van der Waals surface area contributed by atoms with Crippen LogP contribution in [-0.4, -0.2) is 36.9 Å². The number of aromatic amines is 1. The minimum Gasteiger partial charge on any atom is -0.454 e. The summed E-state index contributed by atoms with van der Waals surface area (Å²) in [5, 5.41) is 13.7. The molecule has 1 aliphatic rings. The molecule has 2 aromatic heterocycles. The van der Waals surface area contributed by atoms with Crippen molar-refractivity contribution in [1.82, 2.24) is 30.1 Å². The molecule has 1 N–H and O–H groups in total. The van der Waals surface area contributed by atoms with Gasteiger partial charge in [0.15, 0.2) is 17.3 Å². The first-order valence-electron chi connectivity index (χ1n) is 12.3. The fourth-order valence-electron chi connectivity index (χ4n) is 4.80. The molecule has 0 saturated heterocycles. The molecule has 0 aliphatic carbocycles. The number of tetrazole rings is 1. The number of H-pyrrole nitrogens is 1. The quantitative estimate of drug-likeness (QED) is 0.410. The lowest BCUT2D eigenvalue weighted by molar-refractivity contribution is 0.153. The lowest BCUT2D eigenvalue weighted by Crippen LogP contribution is -2.35. The topological polar surface area (TPSA) is 98.2 Å². The van der Waals surface area contributed by atoms with Crippen molar-refractivity contribution in [3.63, 3.8) is 0 Å². The van der Waals surface area contributed by atoms with Crippen LogP contribution in [0.5, 0.6) is 11.5 Å². The first kappa shape index (κ1) is 24.0. The summed E-state index contributed by atoms with van der Waals surface area (Å²) in [5.41, 5.74) is 3.30. The van der Waals surface area contributed by atoms with E-state index >= 15 is 0 Å². The maximum Gasteiger partial charge on any atom is 0.252 e. The zero-order chi connectivity index (χ0) is 25.4. The van der Waals surface area contributed by atoms with Gasteiger partial charge in [0, 0.05) is 18.7 Å². The van der Waals surface area contributed by atoms with Crippen LogP contribution in [0.4, 0.5) is 0 Å². The van der Waals surface area contributed by atoms with Crippen LogP contribution in [0.25, 0.3) is 10.9 Å². The molecule has 36 heavy (non-hydrogen) atoms. The molecule has 0 spiro atoms. The zero-order valence-electron chi connectivity index (χ0n) is 21.4. The van der Waals surface area contributed by atoms with Gasteiger partial charge in [0.25, 0.3) is 5.56 Å². The fourth-order valence-corrected chi connectivity index (χ4v) is 4.80. The van der Waals surface area contributed by atoms with Crippen LogP contribution in [0.1, 0.15) is 62.7 Å². The predicted molar refractivity (Wildman–Crippen MR) is 137 cm³/mol. The third kappa shape index (κ3) is 4.58. The van der Waals surface area contributed by atoms with Gasteiger partial charge >= 0.3 is 0 Å². The van der Waals surface area contributed by atoms with Gasteiger partial charge in [-0.05, 0) is 79.3 Å². The van der Waals surface area contributed by atoms with E-state index in [0.29, 0.717) is 18.7 Å². The Morgan fingerprint density at radius 2 is 1.92 bits per heavy atom. The molecule has 9 nitrogen and oxygen atoms in total. The van der Waals surface area contributed by atoms with Crippen LogP contribution >= 0.6 is 0 Å². The highest BCUT2D eigenvalue weighted by Crippen LogP contribution is 2.34. The van der Waals surface area contributed by atoms with Gasteiger partial charge in [-0.3, -0.25) is 9.69 Å². The summed E-state index contributed by atoms with van der Waals surface area (Å²) in [6.45, 7) is 11.6. The summed E-state index contributed by atoms with van der Waals surface area (Å²) >= 11 is 0. The van der Waals surface area contributed by atoms with Crippen molar-refractivity contribution >= 4 is 10.9 Å². The Balaban J connectivity index is 1.56. The molecule has 188 valence electrons. The summed E-state index contributed by atoms with van der Waals surface area (Å²) in [5.74, 6) is 2.26. The number of pyridine rings is 1. The lowest BCUT2D eigenvalue weighted by Gasteiger charge is -2.32. The number of hydrogen-bond donors (Lipinski definition) is 1. The second kappa shape index (κ2) is 9.39. The number of hydrogen-bond acceptors (Lipinski definition) is 7. The summed E-state index contributed by atoms with van der Waals surface area (Å²) in [7, 11) is 0. The monoisotopic (exact) mass is 488 g/mol. The Hall–Kier alpha value is -3.72. The van der Waals surface area contributed by atoms with E-state index in [2.05, 4.69) is 53.1 Å². The molecule has 0 amide bonds. The minimum absolute atomic E-state index is 0.0854. The third-order valence-corrected chi connectivity index (χ3v) is 6.62. The van der Waals surface area contributed by atoms with E-state index in [1.807, 2.05) is 54.1 Å². The van der Waals surface area contributed by atoms with Crippen molar-refractivity contribution in [3.05, 3.63) is 75.3 Å². The molecule has 9 heteroatoms. The third-order valence-electron chi connectivity index (χ3n) is 6.62. The fraction of sp³-hybridized carbons (Fsp3) is 0.407. The first-order chi connectivity index (χ1) is 17.2. The van der Waals surface area contributed by atoms with Gasteiger partial charge in [-0.2, -0.15) is 0 Å². The van der Waals surface area contributed by atoms with E-state index in [9.17, 15) is 4.79 Å². The van der Waals surface area contributed by atoms with E-state index in [-0.39, 0.29) is 23.9 Å². The van der Waals surface area contributed by atoms with Crippen LogP contribution in [0.15, 0.2) is 47.3 Å². The van der Waals surface area contributed by atoms with Gasteiger partial charge in [-0.25, -0.2) is 4.68 Å². The number of nitrogens with zero attached hydrogens (tertiary/aromatic N) is 5. The number of ether oxygens (including phenoxy) is 2. The molecule has 5 rings (SSSR count). The smallest absolute Gasteiger partial charge is 0.252 e. The summed E-state index contributed by atoms with van der Waals surface area (Å²) in [6, 6.07) is 13.9. The van der Waals surface area contributed by atoms with E-state index in [0.717, 1.165) is 45.8 Å². The van der Waals surface area contributed by atoms with Gasteiger partial charge in [0.05, 0.1) is 17.1 Å². The van der Waals surface area contributed by atoms with E-state index in [1.165, 1.54) is 0 Å². The van der Waals surface area contributed by atoms with Crippen molar-refractivity contribution in [1.29, 1.82) is 0 Å². The van der Waals surface area contributed by atoms with Gasteiger partial charge in [0.2, 0.25) is 6.79 Å². The number of para-hydroxylation sites is 1. The van der Waals surface area contributed by atoms with Crippen LogP contribution in [0.2, 0.25) is 0 Å². The normalized spacial score (nSPS) is 14.1. The molecule has 0 bridgehead atoms. The van der Waals surface area contributed by atoms with Crippen LogP contribution in [-0.2, 0) is 18.6 Å². The maximum absolute atomic E-state index is 13.2. The minimum atomic E-state index is -0.283. The largest absolute Gasteiger partial charge is 0.454 e. The predicted octanol–water partition coefficient (Wildman–Crippen LogP) is 4.46. The summed E-state index contributed by atoms with van der Waals surface area (Å²) in [4.78, 5) is 18.5. The Morgan fingerprint density at radius 1 is 1.11 bits per heavy atom. The highest BCUT2D eigenvalue weighted by Gasteiger charge is 2.30. The molecule has 1 unspecified atom stereocenters. The Labute approximate surface area is 210 Å². The van der Waals surface area contributed by atoms with Crippen molar-refractivity contribution in [2.24, 2.45) is 0 Å². The summed E-state index contributed by atoms with van der Waals surface area (Å²) < 4.78 is 13.0. The second-order valence-corrected chi connectivity index (χ2v) is 10.3. The molecule has 1 aliphatic heterocycles. The van der Waals surface area contributed by atoms with Crippen molar-refractivity contribution in [2.45, 2.75) is 65.7 Å². The van der Waals surface area contributed by atoms with Crippen LogP contribution in [0, 0.1) is 6.92 Å². The molecule has 0 saturated carbocycles. The first-order valence-corrected chi connectivity index (χ1v) is 12.3. The van der Waals surface area contributed by atoms with E-state index in [4.69, 9.17) is 9.47 Å². The van der Waals surface area contributed by atoms with Crippen LogP contribution in [0.3, 0.4) is 0 Å². The molecule has 4 aromatic rings. The number of aryl methyl sites for hydroxylation is 1. The number of rotatable bonds is 7. The number of aromatic nitrogens is 5. The standard InChI is InChI=1S/C27H32N6O3/c1-6-21(25-29-30-31-33(25)27(3,4)5)32(14-18-10-11-22-23(12-18)36-16-35-22)15-20-13-19-9-7-8-17(2)24(19)28-26(20)34/h7-13,21H,6,14-16H2,1-5H3,(H,28,34). The molecule has 1 atom stereocenters. The molecule has 3 heterocycles. The highest BCUT2D eigenvalue weighted by molar-refractivity contribution is 5.81. The van der Waals surface area contributed by atoms with Crippen molar-refractivity contribution < 1.29 is 9.47 Å². The Morgan fingerprint density at radius 3 is 2.69 bits per heavy atom. The maximum atomic E-state index is 13.2. The van der Waals surface area contributed by atoms with Crippen molar-refractivity contribution in [2.75, 3.05) is 6.79 Å². The number of benzene rings is 2. The molecule has 0 fully saturated rings. The van der Waals surface area contributed by atoms with Gasteiger partial charge < -0.3 is 14.5 Å². The number of fused-ring (bicyclic) bond motifs is 2. The Bertz CT molecular complexity index is 1450. The Kier molecular flexibility index (Phi) is 6.26. The van der Waals surface area contributed by atoms with Gasteiger partial charge in [0.1, 0.15) is 0 Å².